The number of hydrogen-bond acceptors (Lipinski definition) is 2. The summed E-state index contributed by atoms with van der Waals surface area (Å²) in [5.74, 6) is 0.293. The van der Waals surface area contributed by atoms with Gasteiger partial charge in [-0.1, -0.05) is 29.8 Å². The van der Waals surface area contributed by atoms with Crippen molar-refractivity contribution >= 4 is 5.69 Å². The summed E-state index contributed by atoms with van der Waals surface area (Å²) in [5, 5.41) is 12.5. The number of anilines is 1. The molecule has 0 saturated carbocycles. The second kappa shape index (κ2) is 4.71. The Morgan fingerprint density at radius 1 is 1.06 bits per heavy atom. The molecule has 0 atom stereocenters. The van der Waals surface area contributed by atoms with Crippen LogP contribution in [0.2, 0.25) is 0 Å². The quantitative estimate of drug-likeness (QED) is 0.767. The summed E-state index contributed by atoms with van der Waals surface area (Å²) in [7, 11) is 0. The van der Waals surface area contributed by atoms with Crippen LogP contribution in [0.5, 0.6) is 5.75 Å². The molecule has 2 aromatic rings. The molecule has 2 nitrogen and oxygen atoms in total. The van der Waals surface area contributed by atoms with Gasteiger partial charge in [-0.2, -0.15) is 0 Å². The molecule has 0 spiro atoms. The summed E-state index contributed by atoms with van der Waals surface area (Å²) in [6.07, 6.45) is 0. The molecule has 0 radical (unpaired) electrons. The summed E-state index contributed by atoms with van der Waals surface area (Å²) in [4.78, 5) is 0. The van der Waals surface area contributed by atoms with Crippen LogP contribution in [0.1, 0.15) is 11.1 Å². The maximum atomic E-state index is 9.15. The van der Waals surface area contributed by atoms with E-state index in [1.165, 1.54) is 11.1 Å². The number of phenols is 1. The molecular weight excluding hydrogens is 198 g/mol. The monoisotopic (exact) mass is 213 g/mol. The van der Waals surface area contributed by atoms with Gasteiger partial charge < -0.3 is 10.4 Å². The zero-order valence-electron chi connectivity index (χ0n) is 9.27. The second-order valence-electron chi connectivity index (χ2n) is 3.89. The lowest BCUT2D eigenvalue weighted by molar-refractivity contribution is 0.475. The van der Waals surface area contributed by atoms with Crippen molar-refractivity contribution in [1.29, 1.82) is 0 Å². The van der Waals surface area contributed by atoms with Crippen molar-refractivity contribution in [2.75, 3.05) is 5.32 Å². The molecule has 0 heterocycles. The van der Waals surface area contributed by atoms with Crippen LogP contribution >= 0.6 is 0 Å². The minimum atomic E-state index is 0.293. The predicted molar refractivity (Wildman–Crippen MR) is 66.6 cm³/mol. The summed E-state index contributed by atoms with van der Waals surface area (Å²) >= 11 is 0. The summed E-state index contributed by atoms with van der Waals surface area (Å²) in [5.41, 5.74) is 3.54. The lowest BCUT2D eigenvalue weighted by Crippen LogP contribution is -1.98. The molecule has 82 valence electrons. The fourth-order valence-electron chi connectivity index (χ4n) is 1.61. The van der Waals surface area contributed by atoms with Crippen molar-refractivity contribution in [3.05, 3.63) is 59.7 Å². The van der Waals surface area contributed by atoms with Crippen molar-refractivity contribution in [3.63, 3.8) is 0 Å². The van der Waals surface area contributed by atoms with Gasteiger partial charge in [0.1, 0.15) is 5.75 Å². The van der Waals surface area contributed by atoms with Crippen molar-refractivity contribution in [2.24, 2.45) is 0 Å². The molecular formula is C14H15NO. The van der Waals surface area contributed by atoms with E-state index in [4.69, 9.17) is 5.11 Å². The zero-order chi connectivity index (χ0) is 11.4. The van der Waals surface area contributed by atoms with Crippen molar-refractivity contribution in [3.8, 4) is 5.75 Å². The Kier molecular flexibility index (Phi) is 3.10. The van der Waals surface area contributed by atoms with E-state index in [9.17, 15) is 0 Å². The first kappa shape index (κ1) is 10.6. The van der Waals surface area contributed by atoms with Crippen LogP contribution in [-0.4, -0.2) is 5.11 Å². The Morgan fingerprint density at radius 3 is 2.50 bits per heavy atom. The maximum Gasteiger partial charge on any atom is 0.115 e. The lowest BCUT2D eigenvalue weighted by Gasteiger charge is -2.07. The van der Waals surface area contributed by atoms with E-state index < -0.39 is 0 Å². The third-order valence-electron chi connectivity index (χ3n) is 2.45. The number of benzene rings is 2. The van der Waals surface area contributed by atoms with Crippen molar-refractivity contribution in [2.45, 2.75) is 13.5 Å². The van der Waals surface area contributed by atoms with Gasteiger partial charge in [0.15, 0.2) is 0 Å². The van der Waals surface area contributed by atoms with E-state index in [-0.39, 0.29) is 0 Å². The molecule has 2 heteroatoms. The molecule has 0 aliphatic rings. The van der Waals surface area contributed by atoms with Gasteiger partial charge >= 0.3 is 0 Å². The van der Waals surface area contributed by atoms with E-state index in [0.717, 1.165) is 12.2 Å². The topological polar surface area (TPSA) is 32.3 Å². The van der Waals surface area contributed by atoms with Crippen LogP contribution in [0.25, 0.3) is 0 Å². The van der Waals surface area contributed by atoms with Crippen LogP contribution in [0, 0.1) is 6.92 Å². The van der Waals surface area contributed by atoms with Gasteiger partial charge in [-0.25, -0.2) is 0 Å². The maximum absolute atomic E-state index is 9.15. The van der Waals surface area contributed by atoms with E-state index in [1.54, 1.807) is 12.1 Å². The molecule has 0 fully saturated rings. The highest BCUT2D eigenvalue weighted by molar-refractivity contribution is 5.46. The standard InChI is InChI=1S/C14H15NO/c1-11-3-2-4-12(9-11)10-15-13-5-7-14(16)8-6-13/h2-9,15-16H,10H2,1H3. The fourth-order valence-corrected chi connectivity index (χ4v) is 1.61. The van der Waals surface area contributed by atoms with Gasteiger partial charge in [0.2, 0.25) is 0 Å². The number of aryl methyl sites for hydroxylation is 1. The summed E-state index contributed by atoms with van der Waals surface area (Å²) in [6.45, 7) is 2.89. The fraction of sp³-hybridized carbons (Fsp3) is 0.143. The smallest absolute Gasteiger partial charge is 0.115 e. The first-order valence-corrected chi connectivity index (χ1v) is 5.32. The molecule has 0 amide bonds. The molecule has 2 aromatic carbocycles. The Hall–Kier alpha value is -1.96. The van der Waals surface area contributed by atoms with E-state index in [0.29, 0.717) is 5.75 Å². The molecule has 0 aliphatic carbocycles. The van der Waals surface area contributed by atoms with E-state index >= 15 is 0 Å². The van der Waals surface area contributed by atoms with Crippen LogP contribution < -0.4 is 5.32 Å². The highest BCUT2D eigenvalue weighted by Crippen LogP contribution is 2.14. The Morgan fingerprint density at radius 2 is 1.81 bits per heavy atom. The van der Waals surface area contributed by atoms with Gasteiger partial charge in [0, 0.05) is 12.2 Å². The largest absolute Gasteiger partial charge is 0.508 e. The molecule has 0 saturated heterocycles. The first-order valence-electron chi connectivity index (χ1n) is 5.32. The predicted octanol–water partition coefficient (Wildman–Crippen LogP) is 3.31. The Labute approximate surface area is 95.6 Å². The van der Waals surface area contributed by atoms with Gasteiger partial charge in [0.25, 0.3) is 0 Å². The molecule has 0 aromatic heterocycles. The summed E-state index contributed by atoms with van der Waals surface area (Å²) < 4.78 is 0. The van der Waals surface area contributed by atoms with Crippen LogP contribution in [0.15, 0.2) is 48.5 Å². The molecule has 2 rings (SSSR count). The minimum absolute atomic E-state index is 0.293. The van der Waals surface area contributed by atoms with E-state index in [2.05, 4.69) is 36.5 Å². The average Bonchev–Trinajstić information content (AvgIpc) is 2.28. The molecule has 2 N–H and O–H groups in total. The number of aromatic hydroxyl groups is 1. The number of rotatable bonds is 3. The first-order chi connectivity index (χ1) is 7.74. The highest BCUT2D eigenvalue weighted by Gasteiger charge is 1.94. The molecule has 0 unspecified atom stereocenters. The van der Waals surface area contributed by atoms with Crippen LogP contribution in [-0.2, 0) is 6.54 Å². The SMILES string of the molecule is Cc1cccc(CNc2ccc(O)cc2)c1. The van der Waals surface area contributed by atoms with Gasteiger partial charge in [-0.15, -0.1) is 0 Å². The lowest BCUT2D eigenvalue weighted by atomic mass is 10.1. The molecule has 0 aliphatic heterocycles. The Bertz CT molecular complexity index is 462. The highest BCUT2D eigenvalue weighted by atomic mass is 16.3. The van der Waals surface area contributed by atoms with E-state index in [1.807, 2.05) is 12.1 Å². The zero-order valence-corrected chi connectivity index (χ0v) is 9.27. The second-order valence-corrected chi connectivity index (χ2v) is 3.89. The van der Waals surface area contributed by atoms with Crippen molar-refractivity contribution < 1.29 is 5.11 Å². The van der Waals surface area contributed by atoms with Gasteiger partial charge in [-0.05, 0) is 36.8 Å². The Balaban J connectivity index is 1.99. The van der Waals surface area contributed by atoms with Crippen LogP contribution in [0.3, 0.4) is 0 Å². The normalized spacial score (nSPS) is 10.1. The molecule has 0 bridgehead atoms. The number of hydrogen-bond donors (Lipinski definition) is 2. The third-order valence-corrected chi connectivity index (χ3v) is 2.45. The van der Waals surface area contributed by atoms with Gasteiger partial charge in [0.05, 0.1) is 0 Å². The summed E-state index contributed by atoms with van der Waals surface area (Å²) in [6, 6.07) is 15.5. The van der Waals surface area contributed by atoms with Crippen LogP contribution in [0.4, 0.5) is 5.69 Å². The van der Waals surface area contributed by atoms with Crippen molar-refractivity contribution in [1.82, 2.24) is 0 Å². The average molecular weight is 213 g/mol. The number of phenolic OH excluding ortho intramolecular Hbond substituents is 1. The molecule has 16 heavy (non-hydrogen) atoms. The third kappa shape index (κ3) is 2.76. The number of nitrogens with one attached hydrogen (secondary N) is 1. The van der Waals surface area contributed by atoms with Gasteiger partial charge in [-0.3, -0.25) is 0 Å². The minimum Gasteiger partial charge on any atom is -0.508 e.